The maximum Gasteiger partial charge on any atom is 0.296 e. The van der Waals surface area contributed by atoms with Crippen molar-refractivity contribution in [1.29, 1.82) is 0 Å². The first-order valence-electron chi connectivity index (χ1n) is 4.58. The van der Waals surface area contributed by atoms with Crippen LogP contribution in [0.3, 0.4) is 0 Å². The highest BCUT2D eigenvalue weighted by molar-refractivity contribution is 14.1. The normalized spacial score (nSPS) is 25.2. The minimum absolute atomic E-state index is 0.0427. The molecule has 90 valence electrons. The van der Waals surface area contributed by atoms with Gasteiger partial charge in [-0.05, 0) is 0 Å². The molecule has 1 rings (SSSR count). The summed E-state index contributed by atoms with van der Waals surface area (Å²) in [5.74, 6) is -0.214. The predicted molar refractivity (Wildman–Crippen MR) is 61.6 cm³/mol. The van der Waals surface area contributed by atoms with Gasteiger partial charge in [-0.1, -0.05) is 22.6 Å². The topological polar surface area (TPSA) is 107 Å². The first-order chi connectivity index (χ1) is 7.47. The highest BCUT2D eigenvalue weighted by Crippen LogP contribution is 2.16. The van der Waals surface area contributed by atoms with E-state index >= 15 is 0 Å². The van der Waals surface area contributed by atoms with Crippen molar-refractivity contribution in [2.45, 2.75) is 18.5 Å². The predicted octanol–water partition coefficient (Wildman–Crippen LogP) is -0.0557. The molecule has 8 nitrogen and oxygen atoms in total. The van der Waals surface area contributed by atoms with Gasteiger partial charge in [0, 0.05) is 22.8 Å². The zero-order valence-electron chi connectivity index (χ0n) is 8.24. The lowest BCUT2D eigenvalue weighted by atomic mass is 10.0. The van der Waals surface area contributed by atoms with Crippen LogP contribution in [-0.4, -0.2) is 50.3 Å². The largest absolute Gasteiger partial charge is 0.335 e. The molecule has 2 atom stereocenters. The lowest BCUT2D eigenvalue weighted by Gasteiger charge is -2.29. The average Bonchev–Trinajstić information content (AvgIpc) is 2.26. The number of rotatable bonds is 3. The number of carbonyl (C=O) groups is 1. The van der Waals surface area contributed by atoms with Gasteiger partial charge in [0.15, 0.2) is 0 Å². The molecule has 0 spiro atoms. The quantitative estimate of drug-likeness (QED) is 0.309. The number of halogens is 1. The van der Waals surface area contributed by atoms with Gasteiger partial charge in [0.2, 0.25) is 5.91 Å². The van der Waals surface area contributed by atoms with E-state index in [0.29, 0.717) is 0 Å². The third kappa shape index (κ3) is 2.77. The number of carbonyl (C=O) groups excluding carboxylic acids is 1. The van der Waals surface area contributed by atoms with Crippen LogP contribution in [0.5, 0.6) is 0 Å². The summed E-state index contributed by atoms with van der Waals surface area (Å²) in [7, 11) is 0. The van der Waals surface area contributed by atoms with E-state index in [0.717, 1.165) is 0 Å². The molecule has 1 aliphatic heterocycles. The van der Waals surface area contributed by atoms with Crippen molar-refractivity contribution in [3.8, 4) is 0 Å². The van der Waals surface area contributed by atoms with Crippen LogP contribution >= 0.6 is 22.6 Å². The molecule has 1 saturated heterocycles. The number of piperidine rings is 1. The molecule has 1 aliphatic rings. The molecule has 2 unspecified atom stereocenters. The molecular formula is C7H10IN3O5. The van der Waals surface area contributed by atoms with E-state index in [1.54, 1.807) is 0 Å². The van der Waals surface area contributed by atoms with Crippen LogP contribution in [0.15, 0.2) is 0 Å². The van der Waals surface area contributed by atoms with Gasteiger partial charge in [0.25, 0.3) is 12.1 Å². The van der Waals surface area contributed by atoms with Crippen LogP contribution < -0.4 is 0 Å². The fourth-order valence-corrected chi connectivity index (χ4v) is 2.17. The Bertz CT molecular complexity index is 323. The molecule has 0 aliphatic carbocycles. The van der Waals surface area contributed by atoms with E-state index in [1.807, 2.05) is 22.6 Å². The Morgan fingerprint density at radius 1 is 1.31 bits per heavy atom. The molecule has 1 amide bonds. The Morgan fingerprint density at radius 3 is 2.31 bits per heavy atom. The van der Waals surface area contributed by atoms with Gasteiger partial charge in [-0.15, -0.1) is 0 Å². The minimum Gasteiger partial charge on any atom is -0.335 e. The molecule has 9 heteroatoms. The van der Waals surface area contributed by atoms with Gasteiger partial charge in [-0.25, -0.2) is 0 Å². The molecule has 0 aromatic carbocycles. The van der Waals surface area contributed by atoms with Crippen molar-refractivity contribution in [3.63, 3.8) is 0 Å². The summed E-state index contributed by atoms with van der Waals surface area (Å²) in [6.07, 6.45) is 0.0427. The maximum atomic E-state index is 11.3. The summed E-state index contributed by atoms with van der Waals surface area (Å²) in [5, 5.41) is 21.3. The zero-order valence-corrected chi connectivity index (χ0v) is 10.4. The summed E-state index contributed by atoms with van der Waals surface area (Å²) in [5.41, 5.74) is 0. The second-order valence-corrected chi connectivity index (χ2v) is 4.23. The number of amides is 1. The van der Waals surface area contributed by atoms with E-state index in [4.69, 9.17) is 0 Å². The summed E-state index contributed by atoms with van der Waals surface area (Å²) in [6, 6.07) is -2.48. The molecule has 0 N–H and O–H groups in total. The van der Waals surface area contributed by atoms with Crippen molar-refractivity contribution < 1.29 is 14.6 Å². The standard InChI is InChI=1S/C7H10IN3O5/c8-3-7(12)9-2-1-5(10(13)14)6(4-9)11(15)16/h5-6H,1-4H2. The van der Waals surface area contributed by atoms with Gasteiger partial charge >= 0.3 is 0 Å². The van der Waals surface area contributed by atoms with E-state index < -0.39 is 21.9 Å². The number of nitro groups is 2. The second-order valence-electron chi connectivity index (χ2n) is 3.47. The number of nitrogens with zero attached hydrogens (tertiary/aromatic N) is 3. The number of hydrogen-bond donors (Lipinski definition) is 0. The van der Waals surface area contributed by atoms with Crippen LogP contribution in [0.25, 0.3) is 0 Å². The lowest BCUT2D eigenvalue weighted by Crippen LogP contribution is -2.55. The summed E-state index contributed by atoms with van der Waals surface area (Å²) >= 11 is 1.86. The van der Waals surface area contributed by atoms with E-state index in [9.17, 15) is 25.0 Å². The second kappa shape index (κ2) is 5.37. The number of alkyl halides is 1. The molecule has 0 aromatic heterocycles. The van der Waals surface area contributed by atoms with Crippen molar-refractivity contribution in [1.82, 2.24) is 4.90 Å². The Hall–Kier alpha value is -1.00. The first-order valence-corrected chi connectivity index (χ1v) is 6.10. The molecule has 0 saturated carbocycles. The van der Waals surface area contributed by atoms with Gasteiger partial charge in [-0.3, -0.25) is 25.0 Å². The van der Waals surface area contributed by atoms with Crippen LogP contribution in [0.1, 0.15) is 6.42 Å². The van der Waals surface area contributed by atoms with E-state index in [2.05, 4.69) is 0 Å². The molecule has 1 heterocycles. The highest BCUT2D eigenvalue weighted by Gasteiger charge is 2.46. The van der Waals surface area contributed by atoms with Crippen LogP contribution in [0.4, 0.5) is 0 Å². The Balaban J connectivity index is 2.76. The third-order valence-corrected chi connectivity index (χ3v) is 3.21. The molecule has 1 fully saturated rings. The Kier molecular flexibility index (Phi) is 4.38. The van der Waals surface area contributed by atoms with Crippen LogP contribution in [0, 0.1) is 20.2 Å². The molecular weight excluding hydrogens is 333 g/mol. The van der Waals surface area contributed by atoms with E-state index in [-0.39, 0.29) is 29.8 Å². The smallest absolute Gasteiger partial charge is 0.296 e. The van der Waals surface area contributed by atoms with Gasteiger partial charge in [0.05, 0.1) is 11.0 Å². The van der Waals surface area contributed by atoms with Crippen molar-refractivity contribution in [3.05, 3.63) is 20.2 Å². The van der Waals surface area contributed by atoms with Crippen molar-refractivity contribution in [2.24, 2.45) is 0 Å². The summed E-state index contributed by atoms with van der Waals surface area (Å²) in [4.78, 5) is 32.7. The zero-order chi connectivity index (χ0) is 12.3. The SMILES string of the molecule is O=C(CI)N1CCC([N+](=O)[O-])C([N+](=O)[O-])C1. The fraction of sp³-hybridized carbons (Fsp3) is 0.857. The third-order valence-electron chi connectivity index (χ3n) is 2.55. The monoisotopic (exact) mass is 343 g/mol. The summed E-state index contributed by atoms with van der Waals surface area (Å²) in [6.45, 7) is 0.0539. The van der Waals surface area contributed by atoms with Gasteiger partial charge < -0.3 is 4.90 Å². The first kappa shape index (κ1) is 13.1. The van der Waals surface area contributed by atoms with Gasteiger partial charge in [0.1, 0.15) is 0 Å². The van der Waals surface area contributed by atoms with Crippen LogP contribution in [0.2, 0.25) is 0 Å². The Labute approximate surface area is 104 Å². The van der Waals surface area contributed by atoms with Crippen LogP contribution in [-0.2, 0) is 4.79 Å². The van der Waals surface area contributed by atoms with Crippen molar-refractivity contribution >= 4 is 28.5 Å². The fourth-order valence-electron chi connectivity index (χ4n) is 1.68. The number of hydrogen-bond acceptors (Lipinski definition) is 5. The van der Waals surface area contributed by atoms with E-state index in [1.165, 1.54) is 4.90 Å². The Morgan fingerprint density at radius 2 is 1.88 bits per heavy atom. The molecule has 16 heavy (non-hydrogen) atoms. The highest BCUT2D eigenvalue weighted by atomic mass is 127. The molecule has 0 aromatic rings. The minimum atomic E-state index is -1.30. The maximum absolute atomic E-state index is 11.3. The van der Waals surface area contributed by atoms with Crippen molar-refractivity contribution in [2.75, 3.05) is 17.5 Å². The summed E-state index contributed by atoms with van der Waals surface area (Å²) < 4.78 is 0.228. The number of likely N-dealkylation sites (tertiary alicyclic amines) is 1. The molecule has 0 radical (unpaired) electrons. The average molecular weight is 343 g/mol. The molecule has 0 bridgehead atoms. The lowest BCUT2D eigenvalue weighted by molar-refractivity contribution is -0.621. The van der Waals surface area contributed by atoms with Gasteiger partial charge in [-0.2, -0.15) is 0 Å².